The van der Waals surface area contributed by atoms with Crippen molar-refractivity contribution in [2.45, 2.75) is 31.2 Å². The van der Waals surface area contributed by atoms with Crippen LogP contribution in [0.1, 0.15) is 25.3 Å². The Labute approximate surface area is 104 Å². The maximum atomic E-state index is 14.1. The lowest BCUT2D eigenvalue weighted by Gasteiger charge is -2.27. The second kappa shape index (κ2) is 3.82. The molecule has 1 aliphatic carbocycles. The third-order valence-electron chi connectivity index (χ3n) is 3.88. The van der Waals surface area contributed by atoms with Gasteiger partial charge in [0.15, 0.2) is 23.1 Å². The van der Waals surface area contributed by atoms with E-state index in [-0.39, 0.29) is 17.4 Å². The molecular formula is C13H15F2NO2. The standard InChI is InChI=1S/C13H15F2NO2/c1-7(16)13(2-3-13)10-11(15)8(14)6-9-12(10)18-5-4-17-9/h6-7H,2-5,16H2,1H3. The van der Waals surface area contributed by atoms with Gasteiger partial charge in [0, 0.05) is 23.1 Å². The molecule has 0 saturated heterocycles. The lowest BCUT2D eigenvalue weighted by Crippen LogP contribution is -2.34. The monoisotopic (exact) mass is 255 g/mol. The van der Waals surface area contributed by atoms with E-state index in [1.165, 1.54) is 0 Å². The number of nitrogens with two attached hydrogens (primary N) is 1. The van der Waals surface area contributed by atoms with Crippen LogP contribution in [-0.4, -0.2) is 19.3 Å². The first-order valence-corrected chi connectivity index (χ1v) is 6.10. The summed E-state index contributed by atoms with van der Waals surface area (Å²) in [6.45, 7) is 2.51. The van der Waals surface area contributed by atoms with Crippen molar-refractivity contribution in [3.8, 4) is 11.5 Å². The fourth-order valence-electron chi connectivity index (χ4n) is 2.64. The Bertz CT molecular complexity index is 498. The second-order valence-electron chi connectivity index (χ2n) is 5.02. The van der Waals surface area contributed by atoms with Gasteiger partial charge in [-0.15, -0.1) is 0 Å². The van der Waals surface area contributed by atoms with Gasteiger partial charge in [-0.05, 0) is 19.8 Å². The molecule has 0 aromatic heterocycles. The van der Waals surface area contributed by atoms with Gasteiger partial charge in [0.2, 0.25) is 0 Å². The first-order valence-electron chi connectivity index (χ1n) is 6.10. The van der Waals surface area contributed by atoms with Gasteiger partial charge in [-0.2, -0.15) is 0 Å². The Hall–Kier alpha value is -1.36. The minimum atomic E-state index is -0.902. The molecule has 1 heterocycles. The third-order valence-corrected chi connectivity index (χ3v) is 3.88. The average Bonchev–Trinajstić information content (AvgIpc) is 3.12. The van der Waals surface area contributed by atoms with Crippen LogP contribution < -0.4 is 15.2 Å². The minimum absolute atomic E-state index is 0.247. The van der Waals surface area contributed by atoms with Gasteiger partial charge in [0.25, 0.3) is 0 Å². The van der Waals surface area contributed by atoms with Crippen molar-refractivity contribution < 1.29 is 18.3 Å². The van der Waals surface area contributed by atoms with Crippen LogP contribution in [0, 0.1) is 11.6 Å². The van der Waals surface area contributed by atoms with E-state index < -0.39 is 17.0 Å². The minimum Gasteiger partial charge on any atom is -0.486 e. The maximum absolute atomic E-state index is 14.1. The molecule has 1 aliphatic heterocycles. The topological polar surface area (TPSA) is 44.5 Å². The Kier molecular flexibility index (Phi) is 2.48. The fourth-order valence-corrected chi connectivity index (χ4v) is 2.64. The number of fused-ring (bicyclic) bond motifs is 1. The highest BCUT2D eigenvalue weighted by Gasteiger charge is 2.52. The molecule has 0 radical (unpaired) electrons. The number of hydrogen-bond donors (Lipinski definition) is 1. The highest BCUT2D eigenvalue weighted by atomic mass is 19.2. The first kappa shape index (κ1) is 11.7. The molecule has 2 aliphatic rings. The Balaban J connectivity index is 2.21. The molecule has 98 valence electrons. The molecule has 0 bridgehead atoms. The maximum Gasteiger partial charge on any atom is 0.168 e. The van der Waals surface area contributed by atoms with Gasteiger partial charge in [-0.1, -0.05) is 0 Å². The molecule has 3 rings (SSSR count). The summed E-state index contributed by atoms with van der Waals surface area (Å²) in [5.41, 5.74) is 5.68. The lowest BCUT2D eigenvalue weighted by atomic mass is 9.87. The summed E-state index contributed by atoms with van der Waals surface area (Å²) in [4.78, 5) is 0. The van der Waals surface area contributed by atoms with E-state index in [1.54, 1.807) is 0 Å². The highest BCUT2D eigenvalue weighted by Crippen LogP contribution is 2.56. The van der Waals surface area contributed by atoms with E-state index in [1.807, 2.05) is 6.92 Å². The number of hydrogen-bond acceptors (Lipinski definition) is 3. The summed E-state index contributed by atoms with van der Waals surface area (Å²) >= 11 is 0. The largest absolute Gasteiger partial charge is 0.486 e. The van der Waals surface area contributed by atoms with E-state index in [2.05, 4.69) is 0 Å². The van der Waals surface area contributed by atoms with Crippen LogP contribution >= 0.6 is 0 Å². The molecule has 1 saturated carbocycles. The summed E-state index contributed by atoms with van der Waals surface area (Å²) in [7, 11) is 0. The molecule has 1 atom stereocenters. The van der Waals surface area contributed by atoms with Gasteiger partial charge >= 0.3 is 0 Å². The van der Waals surface area contributed by atoms with Gasteiger partial charge in [-0.3, -0.25) is 0 Å². The van der Waals surface area contributed by atoms with Gasteiger partial charge in [0.1, 0.15) is 13.2 Å². The summed E-state index contributed by atoms with van der Waals surface area (Å²) in [5.74, 6) is -1.15. The van der Waals surface area contributed by atoms with Crippen molar-refractivity contribution in [3.63, 3.8) is 0 Å². The van der Waals surface area contributed by atoms with Crippen LogP contribution in [0.25, 0.3) is 0 Å². The normalized spacial score (nSPS) is 21.6. The van der Waals surface area contributed by atoms with Crippen molar-refractivity contribution in [1.82, 2.24) is 0 Å². The Morgan fingerprint density at radius 1 is 1.28 bits per heavy atom. The zero-order chi connectivity index (χ0) is 12.9. The fraction of sp³-hybridized carbons (Fsp3) is 0.538. The predicted octanol–water partition coefficient (Wildman–Crippen LogP) is 2.11. The van der Waals surface area contributed by atoms with E-state index in [0.717, 1.165) is 18.9 Å². The molecule has 0 amide bonds. The third kappa shape index (κ3) is 1.50. The van der Waals surface area contributed by atoms with Gasteiger partial charge < -0.3 is 15.2 Å². The van der Waals surface area contributed by atoms with Crippen LogP contribution in [0.3, 0.4) is 0 Å². The molecule has 18 heavy (non-hydrogen) atoms. The van der Waals surface area contributed by atoms with Crippen LogP contribution in [0.2, 0.25) is 0 Å². The number of benzene rings is 1. The Morgan fingerprint density at radius 3 is 2.56 bits per heavy atom. The van der Waals surface area contributed by atoms with E-state index >= 15 is 0 Å². The van der Waals surface area contributed by atoms with Crippen molar-refractivity contribution in [2.75, 3.05) is 13.2 Å². The van der Waals surface area contributed by atoms with Crippen LogP contribution in [0.5, 0.6) is 11.5 Å². The smallest absolute Gasteiger partial charge is 0.168 e. The van der Waals surface area contributed by atoms with Crippen molar-refractivity contribution in [3.05, 3.63) is 23.3 Å². The molecule has 2 N–H and O–H groups in total. The molecule has 1 aromatic carbocycles. The van der Waals surface area contributed by atoms with Crippen LogP contribution in [-0.2, 0) is 5.41 Å². The highest BCUT2D eigenvalue weighted by molar-refractivity contribution is 5.54. The van der Waals surface area contributed by atoms with Crippen LogP contribution in [0.4, 0.5) is 8.78 Å². The summed E-state index contributed by atoms with van der Waals surface area (Å²) in [6, 6.07) is 0.799. The van der Waals surface area contributed by atoms with E-state index in [0.29, 0.717) is 19.0 Å². The summed E-state index contributed by atoms with van der Waals surface area (Å²) in [5, 5.41) is 0. The molecule has 1 fully saturated rings. The van der Waals surface area contributed by atoms with Gasteiger partial charge in [0.05, 0.1) is 0 Å². The molecular weight excluding hydrogens is 240 g/mol. The quantitative estimate of drug-likeness (QED) is 0.880. The average molecular weight is 255 g/mol. The lowest BCUT2D eigenvalue weighted by molar-refractivity contribution is 0.165. The van der Waals surface area contributed by atoms with E-state index in [4.69, 9.17) is 15.2 Å². The van der Waals surface area contributed by atoms with Crippen molar-refractivity contribution in [2.24, 2.45) is 5.73 Å². The first-order chi connectivity index (χ1) is 8.56. The SMILES string of the molecule is CC(N)C1(c2c(F)c(F)cc3c2OCCO3)CC1. The molecule has 5 heteroatoms. The zero-order valence-corrected chi connectivity index (χ0v) is 10.1. The summed E-state index contributed by atoms with van der Waals surface area (Å²) < 4.78 is 38.6. The van der Waals surface area contributed by atoms with Gasteiger partial charge in [-0.25, -0.2) is 8.78 Å². The molecule has 1 unspecified atom stereocenters. The molecule has 3 nitrogen and oxygen atoms in total. The van der Waals surface area contributed by atoms with Crippen molar-refractivity contribution >= 4 is 0 Å². The number of rotatable bonds is 2. The number of ether oxygens (including phenoxy) is 2. The Morgan fingerprint density at radius 2 is 1.94 bits per heavy atom. The number of halogens is 2. The molecule has 0 spiro atoms. The predicted molar refractivity (Wildman–Crippen MR) is 61.9 cm³/mol. The summed E-state index contributed by atoms with van der Waals surface area (Å²) in [6.07, 6.45) is 1.50. The van der Waals surface area contributed by atoms with Crippen LogP contribution in [0.15, 0.2) is 6.07 Å². The molecule has 1 aromatic rings. The zero-order valence-electron chi connectivity index (χ0n) is 10.1. The van der Waals surface area contributed by atoms with Crippen molar-refractivity contribution in [1.29, 1.82) is 0 Å². The van der Waals surface area contributed by atoms with E-state index in [9.17, 15) is 8.78 Å². The second-order valence-corrected chi connectivity index (χ2v) is 5.02.